The molecular weight excluding hydrogens is 188 g/mol. The third kappa shape index (κ3) is 3.24. The van der Waals surface area contributed by atoms with Crippen LogP contribution in [0.5, 0.6) is 0 Å². The zero-order valence-corrected chi connectivity index (χ0v) is 9.24. The molecule has 0 amide bonds. The molecule has 2 rings (SSSR count). The second-order valence-electron chi connectivity index (χ2n) is 4.06. The van der Waals surface area contributed by atoms with Crippen LogP contribution in [0, 0.1) is 0 Å². The molecule has 0 unspecified atom stereocenters. The maximum atomic E-state index is 5.80. The molecule has 0 spiro atoms. The molecule has 1 aliphatic heterocycles. The lowest BCUT2D eigenvalue weighted by molar-refractivity contribution is -0.139. The molecule has 0 aromatic carbocycles. The minimum absolute atomic E-state index is 0.0230. The van der Waals surface area contributed by atoms with Crippen LogP contribution in [0.15, 0.2) is 35.6 Å². The summed E-state index contributed by atoms with van der Waals surface area (Å²) < 4.78 is 11.3. The fourth-order valence-corrected chi connectivity index (χ4v) is 1.77. The highest BCUT2D eigenvalue weighted by atomic mass is 16.7. The predicted molar refractivity (Wildman–Crippen MR) is 60.3 cm³/mol. The number of allylic oxidation sites excluding steroid dienone is 5. The maximum Gasteiger partial charge on any atom is 0.199 e. The molecule has 82 valence electrons. The molecule has 15 heavy (non-hydrogen) atoms. The molecule has 1 aliphatic carbocycles. The highest BCUT2D eigenvalue weighted by Crippen LogP contribution is 2.20. The zero-order valence-electron chi connectivity index (χ0n) is 9.24. The van der Waals surface area contributed by atoms with E-state index in [1.54, 1.807) is 0 Å². The van der Waals surface area contributed by atoms with Crippen LogP contribution in [0.3, 0.4) is 0 Å². The summed E-state index contributed by atoms with van der Waals surface area (Å²) in [4.78, 5) is 0. The van der Waals surface area contributed by atoms with Crippen molar-refractivity contribution in [3.63, 3.8) is 0 Å². The lowest BCUT2D eigenvalue weighted by atomic mass is 10.2. The summed E-state index contributed by atoms with van der Waals surface area (Å²) in [6.45, 7) is 2.93. The van der Waals surface area contributed by atoms with E-state index in [2.05, 4.69) is 25.2 Å². The number of hydrogen-bond donors (Lipinski definition) is 0. The van der Waals surface area contributed by atoms with E-state index in [1.165, 1.54) is 12.0 Å². The molecule has 2 nitrogen and oxygen atoms in total. The number of rotatable bonds is 2. The fourth-order valence-electron chi connectivity index (χ4n) is 1.77. The predicted octanol–water partition coefficient (Wildman–Crippen LogP) is 3.32. The van der Waals surface area contributed by atoms with E-state index in [0.717, 1.165) is 31.6 Å². The van der Waals surface area contributed by atoms with Crippen molar-refractivity contribution in [3.8, 4) is 0 Å². The van der Waals surface area contributed by atoms with Gasteiger partial charge in [0.15, 0.2) is 6.29 Å². The van der Waals surface area contributed by atoms with Crippen LogP contribution >= 0.6 is 0 Å². The van der Waals surface area contributed by atoms with Gasteiger partial charge < -0.3 is 9.47 Å². The summed E-state index contributed by atoms with van der Waals surface area (Å²) in [5, 5.41) is 0. The normalized spacial score (nSPS) is 26.6. The van der Waals surface area contributed by atoms with Crippen molar-refractivity contribution in [3.05, 3.63) is 35.6 Å². The van der Waals surface area contributed by atoms with Crippen molar-refractivity contribution in [1.29, 1.82) is 0 Å². The van der Waals surface area contributed by atoms with Crippen molar-refractivity contribution in [2.24, 2.45) is 0 Å². The number of hydrogen-bond acceptors (Lipinski definition) is 2. The molecule has 0 N–H and O–H groups in total. The van der Waals surface area contributed by atoms with Crippen LogP contribution in [0.4, 0.5) is 0 Å². The standard InChI is InChI=1S/C13H18O2/c1-11-5-4-6-12(9-8-11)15-13-7-2-3-10-14-13/h4-5,8-9,13H,2-3,6-7,10H2,1H3/t13-/m1/s1. The van der Waals surface area contributed by atoms with Gasteiger partial charge in [-0.05, 0) is 25.8 Å². The smallest absolute Gasteiger partial charge is 0.199 e. The summed E-state index contributed by atoms with van der Waals surface area (Å²) >= 11 is 0. The summed E-state index contributed by atoms with van der Waals surface area (Å²) in [6.07, 6.45) is 12.6. The van der Waals surface area contributed by atoms with Gasteiger partial charge in [0, 0.05) is 12.8 Å². The molecule has 1 atom stereocenters. The Morgan fingerprint density at radius 2 is 2.27 bits per heavy atom. The van der Waals surface area contributed by atoms with Crippen LogP contribution in [0.2, 0.25) is 0 Å². The Morgan fingerprint density at radius 3 is 3.07 bits per heavy atom. The van der Waals surface area contributed by atoms with Gasteiger partial charge >= 0.3 is 0 Å². The van der Waals surface area contributed by atoms with Crippen LogP contribution in [0.1, 0.15) is 32.6 Å². The van der Waals surface area contributed by atoms with E-state index < -0.39 is 0 Å². The molecule has 0 aromatic rings. The van der Waals surface area contributed by atoms with Gasteiger partial charge in [-0.15, -0.1) is 0 Å². The summed E-state index contributed by atoms with van der Waals surface area (Å²) in [6, 6.07) is 0. The Kier molecular flexibility index (Phi) is 3.62. The summed E-state index contributed by atoms with van der Waals surface area (Å²) in [7, 11) is 0. The van der Waals surface area contributed by atoms with Crippen LogP contribution in [-0.4, -0.2) is 12.9 Å². The highest BCUT2D eigenvalue weighted by Gasteiger charge is 2.15. The topological polar surface area (TPSA) is 18.5 Å². The molecule has 0 bridgehead atoms. The first kappa shape index (κ1) is 10.5. The molecule has 1 saturated heterocycles. The lowest BCUT2D eigenvalue weighted by Crippen LogP contribution is -2.21. The minimum atomic E-state index is -0.0230. The third-order valence-corrected chi connectivity index (χ3v) is 2.65. The second-order valence-corrected chi connectivity index (χ2v) is 4.06. The molecule has 1 fully saturated rings. The largest absolute Gasteiger partial charge is 0.469 e. The van der Waals surface area contributed by atoms with Crippen LogP contribution in [-0.2, 0) is 9.47 Å². The quantitative estimate of drug-likeness (QED) is 0.690. The molecule has 2 heteroatoms. The van der Waals surface area contributed by atoms with E-state index in [4.69, 9.17) is 9.47 Å². The number of ether oxygens (including phenoxy) is 2. The van der Waals surface area contributed by atoms with E-state index in [-0.39, 0.29) is 6.29 Å². The first-order valence-corrected chi connectivity index (χ1v) is 5.67. The molecule has 2 aliphatic rings. The van der Waals surface area contributed by atoms with Gasteiger partial charge in [-0.3, -0.25) is 0 Å². The molecule has 1 heterocycles. The Hall–Kier alpha value is -1.02. The minimum Gasteiger partial charge on any atom is -0.469 e. The van der Waals surface area contributed by atoms with Gasteiger partial charge in [-0.25, -0.2) is 0 Å². The SMILES string of the molecule is CC1=CC=C(O[C@@H]2CCCCO2)CC=C1. The van der Waals surface area contributed by atoms with E-state index in [9.17, 15) is 0 Å². The first-order valence-electron chi connectivity index (χ1n) is 5.67. The zero-order chi connectivity index (χ0) is 10.5. The Balaban J connectivity index is 1.91. The van der Waals surface area contributed by atoms with E-state index >= 15 is 0 Å². The Bertz CT molecular complexity index is 294. The van der Waals surface area contributed by atoms with Crippen molar-refractivity contribution < 1.29 is 9.47 Å². The van der Waals surface area contributed by atoms with Gasteiger partial charge in [0.1, 0.15) is 5.76 Å². The fraction of sp³-hybridized carbons (Fsp3) is 0.538. The van der Waals surface area contributed by atoms with Gasteiger partial charge in [-0.2, -0.15) is 0 Å². The molecule has 0 aromatic heterocycles. The van der Waals surface area contributed by atoms with E-state index in [0.29, 0.717) is 0 Å². The Morgan fingerprint density at radius 1 is 1.33 bits per heavy atom. The van der Waals surface area contributed by atoms with Crippen molar-refractivity contribution in [2.75, 3.05) is 6.61 Å². The first-order chi connectivity index (χ1) is 7.34. The van der Waals surface area contributed by atoms with Crippen molar-refractivity contribution in [1.82, 2.24) is 0 Å². The average Bonchev–Trinajstić information content (AvgIpc) is 2.46. The molecule has 0 radical (unpaired) electrons. The van der Waals surface area contributed by atoms with Gasteiger partial charge in [0.2, 0.25) is 0 Å². The maximum absolute atomic E-state index is 5.80. The van der Waals surface area contributed by atoms with Crippen LogP contribution in [0.25, 0.3) is 0 Å². The summed E-state index contributed by atoms with van der Waals surface area (Å²) in [5.74, 6) is 1.01. The highest BCUT2D eigenvalue weighted by molar-refractivity contribution is 5.27. The molecular formula is C13H18O2. The third-order valence-electron chi connectivity index (χ3n) is 2.65. The van der Waals surface area contributed by atoms with Crippen LogP contribution < -0.4 is 0 Å². The molecule has 0 saturated carbocycles. The van der Waals surface area contributed by atoms with Gasteiger partial charge in [-0.1, -0.05) is 23.8 Å². The summed E-state index contributed by atoms with van der Waals surface area (Å²) in [5.41, 5.74) is 1.26. The van der Waals surface area contributed by atoms with Gasteiger partial charge in [0.25, 0.3) is 0 Å². The average molecular weight is 206 g/mol. The Labute approximate surface area is 91.3 Å². The monoisotopic (exact) mass is 206 g/mol. The second kappa shape index (κ2) is 5.17. The van der Waals surface area contributed by atoms with Crippen molar-refractivity contribution in [2.45, 2.75) is 38.9 Å². The van der Waals surface area contributed by atoms with Crippen molar-refractivity contribution >= 4 is 0 Å². The van der Waals surface area contributed by atoms with Gasteiger partial charge in [0.05, 0.1) is 6.61 Å². The lowest BCUT2D eigenvalue weighted by Gasteiger charge is -2.24. The van der Waals surface area contributed by atoms with E-state index in [1.807, 2.05) is 6.08 Å².